The number of furan rings is 1. The number of fused-ring (bicyclic) bond motifs is 10. The van der Waals surface area contributed by atoms with E-state index in [0.29, 0.717) is 5.82 Å². The van der Waals surface area contributed by atoms with Crippen molar-refractivity contribution >= 4 is 65.3 Å². The van der Waals surface area contributed by atoms with E-state index in [1.54, 1.807) is 0 Å². The molecule has 0 spiro atoms. The molecule has 0 aliphatic rings. The van der Waals surface area contributed by atoms with Crippen LogP contribution in [-0.4, -0.2) is 14.5 Å². The van der Waals surface area contributed by atoms with E-state index in [0.717, 1.165) is 88.3 Å². The van der Waals surface area contributed by atoms with Gasteiger partial charge in [0.2, 0.25) is 0 Å². The van der Waals surface area contributed by atoms with Crippen molar-refractivity contribution in [1.82, 2.24) is 14.5 Å². The minimum atomic E-state index is 0.680. The van der Waals surface area contributed by atoms with Crippen molar-refractivity contribution in [3.63, 3.8) is 0 Å². The molecule has 3 aromatic heterocycles. The molecule has 11 rings (SSSR count). The zero-order valence-corrected chi connectivity index (χ0v) is 28.0. The highest BCUT2D eigenvalue weighted by molar-refractivity contribution is 6.24. The number of rotatable bonds is 4. The second-order valence-electron chi connectivity index (χ2n) is 13.3. The second-order valence-corrected chi connectivity index (χ2v) is 13.3. The van der Waals surface area contributed by atoms with Gasteiger partial charge in [-0.15, -0.1) is 0 Å². The van der Waals surface area contributed by atoms with Crippen molar-refractivity contribution in [2.45, 2.75) is 0 Å². The molecule has 0 aliphatic carbocycles. The predicted octanol–water partition coefficient (Wildman–Crippen LogP) is 12.8. The van der Waals surface area contributed by atoms with Crippen molar-refractivity contribution < 1.29 is 4.42 Å². The molecule has 11 aromatic rings. The van der Waals surface area contributed by atoms with Gasteiger partial charge in [0.15, 0.2) is 5.82 Å². The van der Waals surface area contributed by atoms with Crippen molar-refractivity contribution in [1.29, 1.82) is 0 Å². The van der Waals surface area contributed by atoms with Gasteiger partial charge in [0, 0.05) is 38.5 Å². The third-order valence-electron chi connectivity index (χ3n) is 10.4. The van der Waals surface area contributed by atoms with Gasteiger partial charge in [-0.25, -0.2) is 9.97 Å². The number of nitrogens with zero attached hydrogens (tertiary/aromatic N) is 3. The Morgan fingerprint density at radius 1 is 0.404 bits per heavy atom. The smallest absolute Gasteiger partial charge is 0.161 e. The van der Waals surface area contributed by atoms with Gasteiger partial charge >= 0.3 is 0 Å². The van der Waals surface area contributed by atoms with Crippen LogP contribution in [-0.2, 0) is 0 Å². The Hall–Kier alpha value is -7.04. The van der Waals surface area contributed by atoms with Crippen LogP contribution in [0, 0.1) is 0 Å². The Morgan fingerprint density at radius 2 is 1.06 bits per heavy atom. The summed E-state index contributed by atoms with van der Waals surface area (Å²) >= 11 is 0. The maximum Gasteiger partial charge on any atom is 0.161 e. The Bertz CT molecular complexity index is 3180. The molecule has 0 aliphatic heterocycles. The lowest BCUT2D eigenvalue weighted by molar-refractivity contribution is 0.674. The first kappa shape index (κ1) is 28.8. The van der Waals surface area contributed by atoms with Crippen LogP contribution >= 0.6 is 0 Å². The number of hydrogen-bond donors (Lipinski definition) is 0. The Morgan fingerprint density at radius 3 is 1.90 bits per heavy atom. The van der Waals surface area contributed by atoms with Crippen molar-refractivity contribution in [3.8, 4) is 39.6 Å². The van der Waals surface area contributed by atoms with Crippen LogP contribution in [0.5, 0.6) is 0 Å². The summed E-state index contributed by atoms with van der Waals surface area (Å²) in [6.45, 7) is 0. The van der Waals surface area contributed by atoms with Crippen LogP contribution in [0.2, 0.25) is 0 Å². The summed E-state index contributed by atoms with van der Waals surface area (Å²) in [5, 5.41) is 9.08. The molecule has 8 aromatic carbocycles. The number of benzene rings is 8. The zero-order chi connectivity index (χ0) is 34.2. The summed E-state index contributed by atoms with van der Waals surface area (Å²) in [7, 11) is 0. The SMILES string of the molecule is c1ccc(-c2cc(-c3cccc4c3oc3c4ccc4c3c3ccccc3n4-c3ccccc3)nc(-c3cc4ccccc4c4ccccc34)n2)cc1. The standard InChI is InChI=1S/C48H29N3O/c1-3-14-30(15-4-1)41-29-42(50-48(49-41)40-28-31-16-7-8-19-33(31)34-20-9-10-21-35(34)40)38-24-13-23-36-37-26-27-44-45(47(37)52-46(36)38)39-22-11-12-25-43(39)51(44)32-17-5-2-6-18-32/h1-29H. The molecule has 52 heavy (non-hydrogen) atoms. The van der Waals surface area contributed by atoms with Crippen LogP contribution < -0.4 is 0 Å². The largest absolute Gasteiger partial charge is 0.455 e. The highest BCUT2D eigenvalue weighted by Crippen LogP contribution is 2.43. The molecule has 0 atom stereocenters. The Kier molecular flexibility index (Phi) is 6.22. The first-order valence-electron chi connectivity index (χ1n) is 17.6. The van der Waals surface area contributed by atoms with Crippen LogP contribution in [0.25, 0.3) is 105 Å². The molecule has 0 amide bonds. The molecular weight excluding hydrogens is 635 g/mol. The van der Waals surface area contributed by atoms with E-state index >= 15 is 0 Å². The van der Waals surface area contributed by atoms with Gasteiger partial charge in [-0.1, -0.05) is 127 Å². The summed E-state index contributed by atoms with van der Waals surface area (Å²) < 4.78 is 9.38. The average Bonchev–Trinajstić information content (AvgIpc) is 3.77. The predicted molar refractivity (Wildman–Crippen MR) is 215 cm³/mol. The van der Waals surface area contributed by atoms with E-state index in [4.69, 9.17) is 14.4 Å². The average molecular weight is 664 g/mol. The summed E-state index contributed by atoms with van der Waals surface area (Å²) in [5.74, 6) is 0.680. The molecule has 0 radical (unpaired) electrons. The fourth-order valence-electron chi connectivity index (χ4n) is 8.07. The molecule has 3 heterocycles. The van der Waals surface area contributed by atoms with E-state index in [1.165, 1.54) is 10.8 Å². The molecule has 4 heteroatoms. The highest BCUT2D eigenvalue weighted by atomic mass is 16.3. The maximum atomic E-state index is 7.05. The number of aromatic nitrogens is 3. The molecule has 0 N–H and O–H groups in total. The second kappa shape index (κ2) is 11.2. The van der Waals surface area contributed by atoms with Gasteiger partial charge in [-0.3, -0.25) is 0 Å². The Balaban J connectivity index is 1.20. The topological polar surface area (TPSA) is 43.9 Å². The monoisotopic (exact) mass is 663 g/mol. The molecule has 4 nitrogen and oxygen atoms in total. The summed E-state index contributed by atoms with van der Waals surface area (Å²) in [6, 6.07) is 61.7. The molecule has 0 saturated heterocycles. The molecule has 242 valence electrons. The first-order valence-corrected chi connectivity index (χ1v) is 17.6. The Labute approximate surface area is 298 Å². The highest BCUT2D eigenvalue weighted by Gasteiger charge is 2.22. The van der Waals surface area contributed by atoms with Gasteiger partial charge in [0.05, 0.1) is 27.8 Å². The fraction of sp³-hybridized carbons (Fsp3) is 0. The molecule has 0 fully saturated rings. The van der Waals surface area contributed by atoms with Crippen molar-refractivity contribution in [3.05, 3.63) is 176 Å². The van der Waals surface area contributed by atoms with Crippen molar-refractivity contribution in [2.75, 3.05) is 0 Å². The minimum absolute atomic E-state index is 0.680. The van der Waals surface area contributed by atoms with Gasteiger partial charge in [-0.2, -0.15) is 0 Å². The van der Waals surface area contributed by atoms with Crippen LogP contribution in [0.3, 0.4) is 0 Å². The lowest BCUT2D eigenvalue weighted by Gasteiger charge is -2.13. The number of para-hydroxylation sites is 3. The first-order chi connectivity index (χ1) is 25.8. The summed E-state index contributed by atoms with van der Waals surface area (Å²) in [5.41, 5.74) is 9.70. The maximum absolute atomic E-state index is 7.05. The zero-order valence-electron chi connectivity index (χ0n) is 28.0. The van der Waals surface area contributed by atoms with Gasteiger partial charge < -0.3 is 8.98 Å². The third-order valence-corrected chi connectivity index (χ3v) is 10.4. The van der Waals surface area contributed by atoms with E-state index in [-0.39, 0.29) is 0 Å². The van der Waals surface area contributed by atoms with Crippen LogP contribution in [0.15, 0.2) is 180 Å². The van der Waals surface area contributed by atoms with E-state index in [1.807, 2.05) is 6.07 Å². The molecule has 0 bridgehead atoms. The van der Waals surface area contributed by atoms with E-state index in [2.05, 4.69) is 174 Å². The molecule has 0 saturated carbocycles. The van der Waals surface area contributed by atoms with Gasteiger partial charge in [0.25, 0.3) is 0 Å². The normalized spacial score (nSPS) is 11.8. The van der Waals surface area contributed by atoms with Gasteiger partial charge in [0.1, 0.15) is 11.2 Å². The minimum Gasteiger partial charge on any atom is -0.455 e. The summed E-state index contributed by atoms with van der Waals surface area (Å²) in [4.78, 5) is 10.6. The lowest BCUT2D eigenvalue weighted by atomic mass is 9.96. The third kappa shape index (κ3) is 4.28. The van der Waals surface area contributed by atoms with Crippen LogP contribution in [0.4, 0.5) is 0 Å². The van der Waals surface area contributed by atoms with E-state index < -0.39 is 0 Å². The lowest BCUT2D eigenvalue weighted by Crippen LogP contribution is -1.97. The molecule has 0 unspecified atom stereocenters. The van der Waals surface area contributed by atoms with E-state index in [9.17, 15) is 0 Å². The fourth-order valence-corrected chi connectivity index (χ4v) is 8.07. The van der Waals surface area contributed by atoms with Gasteiger partial charge in [-0.05, 0) is 70.1 Å². The number of hydrogen-bond acceptors (Lipinski definition) is 3. The van der Waals surface area contributed by atoms with Crippen molar-refractivity contribution in [2.24, 2.45) is 0 Å². The molecular formula is C48H29N3O. The van der Waals surface area contributed by atoms with Crippen LogP contribution in [0.1, 0.15) is 0 Å². The quantitative estimate of drug-likeness (QED) is 0.176. The summed E-state index contributed by atoms with van der Waals surface area (Å²) in [6.07, 6.45) is 0.